The molecule has 204 valence electrons. The molecule has 0 bridgehead atoms. The van der Waals surface area contributed by atoms with E-state index in [4.69, 9.17) is 31.5 Å². The van der Waals surface area contributed by atoms with Crippen LogP contribution in [0.3, 0.4) is 0 Å². The number of guanidine groups is 1. The maximum Gasteiger partial charge on any atom is 0.258 e. The molecule has 40 heavy (non-hydrogen) atoms. The van der Waals surface area contributed by atoms with Crippen LogP contribution in [0.2, 0.25) is 5.02 Å². The Morgan fingerprint density at radius 1 is 0.750 bits per heavy atom. The number of hydrogen-bond acceptors (Lipinski definition) is 6. The normalized spacial score (nSPS) is 10.9. The molecule has 0 spiro atoms. The molecule has 0 unspecified atom stereocenters. The quantitative estimate of drug-likeness (QED) is 0.189. The van der Waals surface area contributed by atoms with Crippen molar-refractivity contribution >= 4 is 40.7 Å². The molecule has 9 nitrogen and oxygen atoms in total. The fraction of sp³-hybridized carbons (Fsp3) is 0.100. The molecular formula is C30H27ClN4O5. The number of methoxy groups -OCH3 is 3. The third-order valence-corrected chi connectivity index (χ3v) is 6.20. The molecule has 4 rings (SSSR count). The molecule has 0 heterocycles. The summed E-state index contributed by atoms with van der Waals surface area (Å²) in [6.45, 7) is 0. The van der Waals surface area contributed by atoms with E-state index in [1.54, 1.807) is 30.3 Å². The largest absolute Gasteiger partial charge is 0.493 e. The molecule has 0 aliphatic heterocycles. The van der Waals surface area contributed by atoms with E-state index < -0.39 is 5.91 Å². The maximum atomic E-state index is 12.9. The number of benzene rings is 4. The number of amides is 2. The fourth-order valence-electron chi connectivity index (χ4n) is 3.89. The molecule has 4 aromatic carbocycles. The zero-order chi connectivity index (χ0) is 28.6. The number of carbonyl (C=O) groups excluding carboxylic acids is 2. The zero-order valence-electron chi connectivity index (χ0n) is 22.0. The average Bonchev–Trinajstić information content (AvgIpc) is 2.98. The van der Waals surface area contributed by atoms with Crippen molar-refractivity contribution in [3.63, 3.8) is 0 Å². The SMILES string of the molecule is COc1cc(C(=O)NC(N)=Nc2ccc(Cl)c(NC(=O)c3ccc(-c4ccccc4)cc3)c2)cc(OC)c1OC. The first-order valence-corrected chi connectivity index (χ1v) is 12.4. The fourth-order valence-corrected chi connectivity index (χ4v) is 4.05. The van der Waals surface area contributed by atoms with Gasteiger partial charge in [-0.1, -0.05) is 54.1 Å². The number of halogens is 1. The molecule has 0 fully saturated rings. The Bertz CT molecular complexity index is 1530. The van der Waals surface area contributed by atoms with Crippen LogP contribution in [0, 0.1) is 0 Å². The summed E-state index contributed by atoms with van der Waals surface area (Å²) < 4.78 is 15.9. The van der Waals surface area contributed by atoms with Crippen molar-refractivity contribution in [2.45, 2.75) is 0 Å². The molecule has 0 saturated heterocycles. The van der Waals surface area contributed by atoms with Crippen LogP contribution in [-0.4, -0.2) is 39.1 Å². The van der Waals surface area contributed by atoms with E-state index in [1.165, 1.54) is 33.5 Å². The molecule has 2 amide bonds. The number of hydrogen-bond donors (Lipinski definition) is 3. The molecule has 0 saturated carbocycles. The number of anilines is 1. The second-order valence-corrected chi connectivity index (χ2v) is 8.83. The first-order chi connectivity index (χ1) is 19.3. The highest BCUT2D eigenvalue weighted by Gasteiger charge is 2.18. The number of nitrogens with two attached hydrogens (primary N) is 1. The highest BCUT2D eigenvalue weighted by atomic mass is 35.5. The summed E-state index contributed by atoms with van der Waals surface area (Å²) in [5.74, 6) is -0.0696. The first kappa shape index (κ1) is 28.0. The number of nitrogens with zero attached hydrogens (tertiary/aromatic N) is 1. The van der Waals surface area contributed by atoms with Gasteiger partial charge in [0.05, 0.1) is 37.7 Å². The van der Waals surface area contributed by atoms with Gasteiger partial charge < -0.3 is 25.3 Å². The summed E-state index contributed by atoms with van der Waals surface area (Å²) in [5.41, 5.74) is 9.42. The van der Waals surface area contributed by atoms with E-state index in [0.717, 1.165) is 11.1 Å². The molecule has 0 aromatic heterocycles. The van der Waals surface area contributed by atoms with Crippen LogP contribution in [-0.2, 0) is 0 Å². The van der Waals surface area contributed by atoms with Crippen molar-refractivity contribution < 1.29 is 23.8 Å². The molecule has 4 N–H and O–H groups in total. The summed E-state index contributed by atoms with van der Waals surface area (Å²) in [4.78, 5) is 29.9. The highest BCUT2D eigenvalue weighted by molar-refractivity contribution is 6.34. The van der Waals surface area contributed by atoms with Crippen molar-refractivity contribution in [3.05, 3.63) is 101 Å². The third kappa shape index (κ3) is 6.51. The van der Waals surface area contributed by atoms with Gasteiger partial charge in [0, 0.05) is 11.1 Å². The molecule has 0 aliphatic carbocycles. The summed E-state index contributed by atoms with van der Waals surface area (Å²) >= 11 is 6.32. The molecule has 4 aromatic rings. The Hall–Kier alpha value is -5.02. The van der Waals surface area contributed by atoms with Crippen LogP contribution in [0.1, 0.15) is 20.7 Å². The second kappa shape index (κ2) is 12.7. The average molecular weight is 559 g/mol. The van der Waals surface area contributed by atoms with Gasteiger partial charge in [0.25, 0.3) is 11.8 Å². The Morgan fingerprint density at radius 3 is 1.98 bits per heavy atom. The second-order valence-electron chi connectivity index (χ2n) is 8.43. The van der Waals surface area contributed by atoms with Crippen LogP contribution >= 0.6 is 11.6 Å². The van der Waals surface area contributed by atoms with E-state index in [9.17, 15) is 9.59 Å². The molecule has 0 atom stereocenters. The van der Waals surface area contributed by atoms with Crippen LogP contribution < -0.4 is 30.6 Å². The van der Waals surface area contributed by atoms with E-state index >= 15 is 0 Å². The number of rotatable bonds is 8. The summed E-state index contributed by atoms with van der Waals surface area (Å²) in [6, 6.07) is 24.8. The van der Waals surface area contributed by atoms with Crippen molar-refractivity contribution in [2.75, 3.05) is 26.6 Å². The lowest BCUT2D eigenvalue weighted by molar-refractivity contribution is 0.0974. The monoisotopic (exact) mass is 558 g/mol. The Labute approximate surface area is 236 Å². The number of nitrogens with one attached hydrogen (secondary N) is 2. The molecule has 0 aliphatic rings. The van der Waals surface area contributed by atoms with E-state index in [-0.39, 0.29) is 17.4 Å². The van der Waals surface area contributed by atoms with Crippen LogP contribution in [0.4, 0.5) is 11.4 Å². The molecular weight excluding hydrogens is 532 g/mol. The van der Waals surface area contributed by atoms with Gasteiger partial charge in [0.2, 0.25) is 11.7 Å². The van der Waals surface area contributed by atoms with E-state index in [1.807, 2.05) is 42.5 Å². The van der Waals surface area contributed by atoms with Gasteiger partial charge in [0.15, 0.2) is 11.5 Å². The standard InChI is InChI=1S/C30H27ClN4O5/c1-38-25-15-21(16-26(39-2)27(25)40-3)29(37)35-30(32)33-22-13-14-23(31)24(17-22)34-28(36)20-11-9-19(10-12-20)18-7-5-4-6-8-18/h4-17H,1-3H3,(H,34,36)(H3,32,33,35,37). The van der Waals surface area contributed by atoms with Gasteiger partial charge in [0.1, 0.15) is 0 Å². The number of ether oxygens (including phenoxy) is 3. The van der Waals surface area contributed by atoms with Crippen molar-refractivity contribution in [2.24, 2.45) is 10.7 Å². The molecule has 10 heteroatoms. The lowest BCUT2D eigenvalue weighted by Gasteiger charge is -2.14. The van der Waals surface area contributed by atoms with Crippen LogP contribution in [0.5, 0.6) is 17.2 Å². The van der Waals surface area contributed by atoms with Crippen LogP contribution in [0.25, 0.3) is 11.1 Å². The van der Waals surface area contributed by atoms with E-state index in [2.05, 4.69) is 15.6 Å². The maximum absolute atomic E-state index is 12.9. The van der Waals surface area contributed by atoms with Gasteiger partial charge in [-0.05, 0) is 53.6 Å². The minimum atomic E-state index is -0.540. The van der Waals surface area contributed by atoms with Crippen LogP contribution in [0.15, 0.2) is 89.9 Å². The predicted octanol–water partition coefficient (Wildman–Crippen LogP) is 5.66. The summed E-state index contributed by atoms with van der Waals surface area (Å²) in [6.07, 6.45) is 0. The minimum Gasteiger partial charge on any atom is -0.493 e. The first-order valence-electron chi connectivity index (χ1n) is 12.0. The van der Waals surface area contributed by atoms with E-state index in [0.29, 0.717) is 39.2 Å². The van der Waals surface area contributed by atoms with Gasteiger partial charge >= 0.3 is 0 Å². The lowest BCUT2D eigenvalue weighted by atomic mass is 10.0. The zero-order valence-corrected chi connectivity index (χ0v) is 22.8. The topological polar surface area (TPSA) is 124 Å². The Kier molecular flexibility index (Phi) is 8.88. The van der Waals surface area contributed by atoms with Gasteiger partial charge in [-0.25, -0.2) is 4.99 Å². The van der Waals surface area contributed by atoms with Gasteiger partial charge in [-0.15, -0.1) is 0 Å². The van der Waals surface area contributed by atoms with Gasteiger partial charge in [-0.3, -0.25) is 14.9 Å². The Balaban J connectivity index is 1.47. The minimum absolute atomic E-state index is 0.171. The smallest absolute Gasteiger partial charge is 0.258 e. The van der Waals surface area contributed by atoms with Crippen molar-refractivity contribution in [3.8, 4) is 28.4 Å². The molecule has 0 radical (unpaired) electrons. The summed E-state index contributed by atoms with van der Waals surface area (Å²) in [5, 5.41) is 5.63. The Morgan fingerprint density at radius 2 is 1.38 bits per heavy atom. The van der Waals surface area contributed by atoms with Crippen molar-refractivity contribution in [1.82, 2.24) is 5.32 Å². The van der Waals surface area contributed by atoms with Gasteiger partial charge in [-0.2, -0.15) is 0 Å². The third-order valence-electron chi connectivity index (χ3n) is 5.87. The lowest BCUT2D eigenvalue weighted by Crippen LogP contribution is -2.36. The number of carbonyl (C=O) groups is 2. The van der Waals surface area contributed by atoms with Crippen molar-refractivity contribution in [1.29, 1.82) is 0 Å². The highest BCUT2D eigenvalue weighted by Crippen LogP contribution is 2.38. The number of aliphatic imine (C=N–C) groups is 1. The summed E-state index contributed by atoms with van der Waals surface area (Å²) in [7, 11) is 4.37. The predicted molar refractivity (Wildman–Crippen MR) is 156 cm³/mol.